The SMILES string of the molecule is COc1ncccc1CNCc1ccccc1C(=O)O. The van der Waals surface area contributed by atoms with E-state index in [-0.39, 0.29) is 0 Å². The molecule has 1 heterocycles. The van der Waals surface area contributed by atoms with E-state index in [2.05, 4.69) is 10.3 Å². The zero-order valence-electron chi connectivity index (χ0n) is 11.2. The molecule has 1 aromatic carbocycles. The minimum absolute atomic E-state index is 0.318. The molecule has 5 heteroatoms. The van der Waals surface area contributed by atoms with Crippen molar-refractivity contribution in [2.45, 2.75) is 13.1 Å². The molecule has 5 nitrogen and oxygen atoms in total. The van der Waals surface area contributed by atoms with Gasteiger partial charge in [0.2, 0.25) is 5.88 Å². The Morgan fingerprint density at radius 2 is 1.90 bits per heavy atom. The molecule has 104 valence electrons. The van der Waals surface area contributed by atoms with Crippen LogP contribution < -0.4 is 10.1 Å². The third-order valence-corrected chi connectivity index (χ3v) is 2.92. The maximum atomic E-state index is 11.1. The molecule has 0 unspecified atom stereocenters. The highest BCUT2D eigenvalue weighted by Crippen LogP contribution is 2.14. The van der Waals surface area contributed by atoms with Crippen molar-refractivity contribution < 1.29 is 14.6 Å². The van der Waals surface area contributed by atoms with Gasteiger partial charge in [-0.15, -0.1) is 0 Å². The van der Waals surface area contributed by atoms with Gasteiger partial charge in [0, 0.05) is 24.8 Å². The van der Waals surface area contributed by atoms with Crippen LogP contribution in [-0.4, -0.2) is 23.2 Å². The van der Waals surface area contributed by atoms with Crippen molar-refractivity contribution in [3.05, 3.63) is 59.3 Å². The van der Waals surface area contributed by atoms with Gasteiger partial charge in [-0.1, -0.05) is 24.3 Å². The molecular formula is C15H16N2O3. The molecule has 2 rings (SSSR count). The minimum atomic E-state index is -0.915. The van der Waals surface area contributed by atoms with Crippen molar-refractivity contribution in [3.8, 4) is 5.88 Å². The smallest absolute Gasteiger partial charge is 0.336 e. The zero-order chi connectivity index (χ0) is 14.4. The summed E-state index contributed by atoms with van der Waals surface area (Å²) in [6, 6.07) is 10.7. The highest BCUT2D eigenvalue weighted by molar-refractivity contribution is 5.89. The summed E-state index contributed by atoms with van der Waals surface area (Å²) >= 11 is 0. The summed E-state index contributed by atoms with van der Waals surface area (Å²) in [5.74, 6) is -0.340. The molecule has 0 atom stereocenters. The van der Waals surface area contributed by atoms with Crippen LogP contribution in [0.5, 0.6) is 5.88 Å². The zero-order valence-corrected chi connectivity index (χ0v) is 11.2. The van der Waals surface area contributed by atoms with Gasteiger partial charge in [-0.25, -0.2) is 9.78 Å². The predicted molar refractivity (Wildman–Crippen MR) is 74.7 cm³/mol. The van der Waals surface area contributed by atoms with Crippen LogP contribution in [0.15, 0.2) is 42.6 Å². The van der Waals surface area contributed by atoms with Gasteiger partial charge in [-0.05, 0) is 17.7 Å². The van der Waals surface area contributed by atoms with Gasteiger partial charge in [0.15, 0.2) is 0 Å². The average Bonchev–Trinajstić information content (AvgIpc) is 2.48. The highest BCUT2D eigenvalue weighted by atomic mass is 16.5. The molecule has 0 spiro atoms. The lowest BCUT2D eigenvalue weighted by atomic mass is 10.1. The summed E-state index contributed by atoms with van der Waals surface area (Å²) < 4.78 is 5.16. The van der Waals surface area contributed by atoms with Crippen LogP contribution in [0.3, 0.4) is 0 Å². The number of rotatable bonds is 6. The largest absolute Gasteiger partial charge is 0.481 e. The molecule has 2 N–H and O–H groups in total. The van der Waals surface area contributed by atoms with Gasteiger partial charge in [0.25, 0.3) is 0 Å². The lowest BCUT2D eigenvalue weighted by Gasteiger charge is -2.10. The number of pyridine rings is 1. The van der Waals surface area contributed by atoms with Crippen LogP contribution in [0.4, 0.5) is 0 Å². The second-order valence-electron chi connectivity index (χ2n) is 4.24. The minimum Gasteiger partial charge on any atom is -0.481 e. The van der Waals surface area contributed by atoms with Gasteiger partial charge in [0.1, 0.15) is 0 Å². The maximum Gasteiger partial charge on any atom is 0.336 e. The molecule has 0 saturated heterocycles. The molecule has 0 bridgehead atoms. The number of carboxylic acid groups (broad SMARTS) is 1. The summed E-state index contributed by atoms with van der Waals surface area (Å²) in [4.78, 5) is 15.2. The number of carbonyl (C=O) groups is 1. The molecule has 1 aromatic heterocycles. The monoisotopic (exact) mass is 272 g/mol. The standard InChI is InChI=1S/C15H16N2O3/c1-20-14-12(6-4-8-17-14)10-16-9-11-5-2-3-7-13(11)15(18)19/h2-8,16H,9-10H2,1H3,(H,18,19). The van der Waals surface area contributed by atoms with Gasteiger partial charge < -0.3 is 15.2 Å². The first kappa shape index (κ1) is 14.0. The Morgan fingerprint density at radius 3 is 2.65 bits per heavy atom. The normalized spacial score (nSPS) is 10.2. The fourth-order valence-corrected chi connectivity index (χ4v) is 1.96. The Morgan fingerprint density at radius 1 is 1.20 bits per heavy atom. The molecular weight excluding hydrogens is 256 g/mol. The first-order chi connectivity index (χ1) is 9.72. The third kappa shape index (κ3) is 3.33. The van der Waals surface area contributed by atoms with E-state index >= 15 is 0 Å². The molecule has 0 aliphatic carbocycles. The highest BCUT2D eigenvalue weighted by Gasteiger charge is 2.09. The number of aromatic nitrogens is 1. The number of carboxylic acids is 1. The van der Waals surface area contributed by atoms with E-state index in [1.54, 1.807) is 31.5 Å². The molecule has 0 amide bonds. The summed E-state index contributed by atoms with van der Waals surface area (Å²) in [5, 5.41) is 12.3. The Labute approximate surface area is 117 Å². The first-order valence-electron chi connectivity index (χ1n) is 6.22. The summed E-state index contributed by atoms with van der Waals surface area (Å²) in [5.41, 5.74) is 2.00. The topological polar surface area (TPSA) is 71.5 Å². The van der Waals surface area contributed by atoms with Crippen LogP contribution in [0, 0.1) is 0 Å². The molecule has 20 heavy (non-hydrogen) atoms. The summed E-state index contributed by atoms with van der Waals surface area (Å²) in [6.07, 6.45) is 1.67. The summed E-state index contributed by atoms with van der Waals surface area (Å²) in [7, 11) is 1.57. The van der Waals surface area contributed by atoms with E-state index in [0.29, 0.717) is 24.5 Å². The Hall–Kier alpha value is -2.40. The summed E-state index contributed by atoms with van der Waals surface area (Å²) in [6.45, 7) is 1.03. The first-order valence-corrected chi connectivity index (χ1v) is 6.22. The molecule has 0 aliphatic rings. The van der Waals surface area contributed by atoms with Crippen molar-refractivity contribution in [1.82, 2.24) is 10.3 Å². The quantitative estimate of drug-likeness (QED) is 0.842. The van der Waals surface area contributed by atoms with Gasteiger partial charge in [-0.3, -0.25) is 0 Å². The Bertz CT molecular complexity index is 599. The molecule has 2 aromatic rings. The molecule has 0 aliphatic heterocycles. The Kier molecular flexibility index (Phi) is 4.68. The third-order valence-electron chi connectivity index (χ3n) is 2.92. The lowest BCUT2D eigenvalue weighted by molar-refractivity contribution is 0.0695. The number of nitrogens with zero attached hydrogens (tertiary/aromatic N) is 1. The van der Waals surface area contributed by atoms with Crippen molar-refractivity contribution in [3.63, 3.8) is 0 Å². The fraction of sp³-hybridized carbons (Fsp3) is 0.200. The number of benzene rings is 1. The number of methoxy groups -OCH3 is 1. The van der Waals surface area contributed by atoms with Crippen LogP contribution in [-0.2, 0) is 13.1 Å². The van der Waals surface area contributed by atoms with Crippen molar-refractivity contribution in [2.24, 2.45) is 0 Å². The molecule has 0 saturated carbocycles. The van der Waals surface area contributed by atoms with Crippen molar-refractivity contribution >= 4 is 5.97 Å². The second kappa shape index (κ2) is 6.68. The Balaban J connectivity index is 2.01. The van der Waals surface area contributed by atoms with Gasteiger partial charge in [0.05, 0.1) is 12.7 Å². The van der Waals surface area contributed by atoms with Crippen LogP contribution in [0.2, 0.25) is 0 Å². The predicted octanol–water partition coefficient (Wildman–Crippen LogP) is 2.08. The second-order valence-corrected chi connectivity index (χ2v) is 4.24. The van der Waals surface area contributed by atoms with Gasteiger partial charge in [-0.2, -0.15) is 0 Å². The maximum absolute atomic E-state index is 11.1. The number of ether oxygens (including phenoxy) is 1. The molecule has 0 radical (unpaired) electrons. The number of hydrogen-bond acceptors (Lipinski definition) is 4. The van der Waals surface area contributed by atoms with E-state index in [1.165, 1.54) is 0 Å². The van der Waals surface area contributed by atoms with Gasteiger partial charge >= 0.3 is 5.97 Å². The molecule has 0 fully saturated rings. The van der Waals surface area contributed by atoms with E-state index < -0.39 is 5.97 Å². The lowest BCUT2D eigenvalue weighted by Crippen LogP contribution is -2.16. The van der Waals surface area contributed by atoms with E-state index in [1.807, 2.05) is 18.2 Å². The van der Waals surface area contributed by atoms with Crippen molar-refractivity contribution in [2.75, 3.05) is 7.11 Å². The number of nitrogens with one attached hydrogen (secondary N) is 1. The van der Waals surface area contributed by atoms with Crippen LogP contribution in [0.25, 0.3) is 0 Å². The average molecular weight is 272 g/mol. The number of hydrogen-bond donors (Lipinski definition) is 2. The van der Waals surface area contributed by atoms with Crippen LogP contribution >= 0.6 is 0 Å². The number of aromatic carboxylic acids is 1. The van der Waals surface area contributed by atoms with Crippen LogP contribution in [0.1, 0.15) is 21.5 Å². The van der Waals surface area contributed by atoms with Crippen molar-refractivity contribution in [1.29, 1.82) is 0 Å². The van der Waals surface area contributed by atoms with E-state index in [9.17, 15) is 4.79 Å². The van der Waals surface area contributed by atoms with E-state index in [0.717, 1.165) is 11.1 Å². The van der Waals surface area contributed by atoms with E-state index in [4.69, 9.17) is 9.84 Å². The fourth-order valence-electron chi connectivity index (χ4n) is 1.96.